The predicted molar refractivity (Wildman–Crippen MR) is 131 cm³/mol. The number of carboxylic acid groups (broad SMARTS) is 1. The van der Waals surface area contributed by atoms with E-state index in [4.69, 9.17) is 18.8 Å². The lowest BCUT2D eigenvalue weighted by atomic mass is 10.1. The highest BCUT2D eigenvalue weighted by atomic mass is 19.4. The van der Waals surface area contributed by atoms with Crippen LogP contribution in [0.25, 0.3) is 33.8 Å². The Balaban J connectivity index is 0.000000426. The molecular formula is C26H25F3N4O5. The summed E-state index contributed by atoms with van der Waals surface area (Å²) in [5, 5.41) is 12.1. The van der Waals surface area contributed by atoms with Gasteiger partial charge in [0.05, 0.1) is 5.39 Å². The molecular weight excluding hydrogens is 505 g/mol. The summed E-state index contributed by atoms with van der Waals surface area (Å²) < 4.78 is 42.9. The fourth-order valence-electron chi connectivity index (χ4n) is 3.98. The van der Waals surface area contributed by atoms with Gasteiger partial charge < -0.3 is 18.9 Å². The Kier molecular flexibility index (Phi) is 7.81. The van der Waals surface area contributed by atoms with Gasteiger partial charge in [-0.2, -0.15) is 13.2 Å². The molecule has 4 aromatic rings. The molecule has 0 bridgehead atoms. The number of halogens is 3. The maximum Gasteiger partial charge on any atom is 0.490 e. The van der Waals surface area contributed by atoms with Crippen molar-refractivity contribution in [3.63, 3.8) is 0 Å². The molecule has 0 saturated carbocycles. The molecule has 38 heavy (non-hydrogen) atoms. The second kappa shape index (κ2) is 11.1. The molecule has 200 valence electrons. The molecule has 0 aliphatic carbocycles. The number of carbonyl (C=O) groups is 2. The largest absolute Gasteiger partial charge is 0.490 e. The van der Waals surface area contributed by atoms with Gasteiger partial charge in [0.2, 0.25) is 5.89 Å². The first kappa shape index (κ1) is 26.9. The number of nitrogens with zero attached hydrogens (tertiary/aromatic N) is 4. The van der Waals surface area contributed by atoms with Gasteiger partial charge in [-0.1, -0.05) is 23.4 Å². The van der Waals surface area contributed by atoms with Crippen LogP contribution in [-0.4, -0.2) is 75.3 Å². The first-order chi connectivity index (χ1) is 18.0. The quantitative estimate of drug-likeness (QED) is 0.395. The molecule has 1 N–H and O–H groups in total. The summed E-state index contributed by atoms with van der Waals surface area (Å²) in [7, 11) is 0. The minimum absolute atomic E-state index is 0.0302. The molecule has 0 unspecified atom stereocenters. The molecule has 1 fully saturated rings. The zero-order valence-electron chi connectivity index (χ0n) is 20.6. The number of fused-ring (bicyclic) bond motifs is 1. The van der Waals surface area contributed by atoms with E-state index in [1.165, 1.54) is 0 Å². The summed E-state index contributed by atoms with van der Waals surface area (Å²) >= 11 is 0. The van der Waals surface area contributed by atoms with Gasteiger partial charge in [-0.05, 0) is 44.2 Å². The third-order valence-electron chi connectivity index (χ3n) is 6.06. The van der Waals surface area contributed by atoms with Gasteiger partial charge in [-0.25, -0.2) is 9.78 Å². The number of amides is 1. The molecule has 1 amide bonds. The van der Waals surface area contributed by atoms with Gasteiger partial charge in [0.15, 0.2) is 5.58 Å². The van der Waals surface area contributed by atoms with Crippen LogP contribution in [0.2, 0.25) is 0 Å². The number of oxazole rings is 1. The lowest BCUT2D eigenvalue weighted by Gasteiger charge is -2.36. The number of benzene rings is 2. The van der Waals surface area contributed by atoms with Crippen LogP contribution >= 0.6 is 0 Å². The summed E-state index contributed by atoms with van der Waals surface area (Å²) in [4.78, 5) is 30.9. The number of alkyl halides is 3. The summed E-state index contributed by atoms with van der Waals surface area (Å²) in [5.74, 6) is -2.21. The molecule has 9 nitrogen and oxygen atoms in total. The topological polar surface area (TPSA) is 113 Å². The molecule has 1 aliphatic rings. The molecule has 12 heteroatoms. The third kappa shape index (κ3) is 6.02. The molecule has 1 aliphatic heterocycles. The Morgan fingerprint density at radius 3 is 2.29 bits per heavy atom. The molecule has 5 rings (SSSR count). The van der Waals surface area contributed by atoms with E-state index in [9.17, 15) is 18.0 Å². The van der Waals surface area contributed by atoms with E-state index < -0.39 is 12.1 Å². The minimum Gasteiger partial charge on any atom is -0.475 e. The van der Waals surface area contributed by atoms with Gasteiger partial charge >= 0.3 is 12.1 Å². The Bertz CT molecular complexity index is 1410. The van der Waals surface area contributed by atoms with E-state index in [-0.39, 0.29) is 5.91 Å². The van der Waals surface area contributed by atoms with E-state index >= 15 is 0 Å². The van der Waals surface area contributed by atoms with E-state index in [1.807, 2.05) is 41.3 Å². The van der Waals surface area contributed by atoms with Crippen LogP contribution in [0.3, 0.4) is 0 Å². The fraction of sp³-hybridized carbons (Fsp3) is 0.308. The second-order valence-electron chi connectivity index (χ2n) is 8.87. The van der Waals surface area contributed by atoms with Crippen LogP contribution in [0.15, 0.2) is 63.7 Å². The Hall–Kier alpha value is -4.19. The monoisotopic (exact) mass is 530 g/mol. The number of piperazine rings is 1. The number of rotatable bonds is 4. The Morgan fingerprint density at radius 2 is 1.68 bits per heavy atom. The van der Waals surface area contributed by atoms with Gasteiger partial charge in [-0.15, -0.1) is 0 Å². The summed E-state index contributed by atoms with van der Waals surface area (Å²) in [6.07, 6.45) is -3.51. The Labute approximate surface area is 215 Å². The maximum atomic E-state index is 13.1. The van der Waals surface area contributed by atoms with Gasteiger partial charge in [0.25, 0.3) is 5.91 Å². The molecule has 0 atom stereocenters. The van der Waals surface area contributed by atoms with Crippen molar-refractivity contribution in [2.24, 2.45) is 0 Å². The second-order valence-corrected chi connectivity index (χ2v) is 8.87. The smallest absolute Gasteiger partial charge is 0.475 e. The summed E-state index contributed by atoms with van der Waals surface area (Å²) in [6.45, 7) is 7.62. The molecule has 0 radical (unpaired) electrons. The van der Waals surface area contributed by atoms with Crippen LogP contribution in [0.4, 0.5) is 13.2 Å². The van der Waals surface area contributed by atoms with Gasteiger partial charge in [-0.3, -0.25) is 9.69 Å². The first-order valence-electron chi connectivity index (χ1n) is 11.8. The van der Waals surface area contributed by atoms with E-state index in [0.29, 0.717) is 34.5 Å². The van der Waals surface area contributed by atoms with E-state index in [1.54, 1.807) is 18.4 Å². The number of carboxylic acids is 1. The van der Waals surface area contributed by atoms with Crippen LogP contribution in [0.5, 0.6) is 0 Å². The number of aromatic nitrogens is 2. The minimum atomic E-state index is -5.08. The van der Waals surface area contributed by atoms with Crippen LogP contribution in [0, 0.1) is 0 Å². The first-order valence-corrected chi connectivity index (χ1v) is 11.8. The molecule has 3 heterocycles. The SMILES string of the molecule is CC(C)N1CCN(C(=O)c2ccc3onc(-c4coc(-c5ccccc5)n4)c3c2)CC1.O=C(O)C(F)(F)F. The van der Waals surface area contributed by atoms with Crippen LogP contribution in [0.1, 0.15) is 24.2 Å². The van der Waals surface area contributed by atoms with Crippen molar-refractivity contribution >= 4 is 22.8 Å². The molecule has 0 spiro atoms. The zero-order valence-corrected chi connectivity index (χ0v) is 20.6. The van der Waals surface area contributed by atoms with Crippen molar-refractivity contribution in [2.75, 3.05) is 26.2 Å². The van der Waals surface area contributed by atoms with Crippen molar-refractivity contribution < 1.29 is 36.8 Å². The molecule has 2 aromatic heterocycles. The van der Waals surface area contributed by atoms with Crippen molar-refractivity contribution in [3.05, 3.63) is 60.4 Å². The van der Waals surface area contributed by atoms with Crippen molar-refractivity contribution in [2.45, 2.75) is 26.1 Å². The zero-order chi connectivity index (χ0) is 27.4. The average Bonchev–Trinajstić information content (AvgIpc) is 3.55. The van der Waals surface area contributed by atoms with Gasteiger partial charge in [0.1, 0.15) is 17.7 Å². The van der Waals surface area contributed by atoms with Crippen LogP contribution < -0.4 is 0 Å². The number of hydrogen-bond acceptors (Lipinski definition) is 7. The van der Waals surface area contributed by atoms with Crippen molar-refractivity contribution in [1.82, 2.24) is 19.9 Å². The summed E-state index contributed by atoms with van der Waals surface area (Å²) in [6, 6.07) is 15.6. The average molecular weight is 531 g/mol. The predicted octanol–water partition coefficient (Wildman–Crippen LogP) is 4.95. The van der Waals surface area contributed by atoms with Gasteiger partial charge in [0, 0.05) is 43.3 Å². The van der Waals surface area contributed by atoms with E-state index in [0.717, 1.165) is 37.1 Å². The maximum absolute atomic E-state index is 13.1. The molecule has 1 saturated heterocycles. The fourth-order valence-corrected chi connectivity index (χ4v) is 3.98. The Morgan fingerprint density at radius 1 is 1.03 bits per heavy atom. The van der Waals surface area contributed by atoms with E-state index in [2.05, 4.69) is 28.9 Å². The highest BCUT2D eigenvalue weighted by molar-refractivity contribution is 6.00. The standard InChI is InChI=1S/C24H24N4O3.C2HF3O2/c1-16(2)27-10-12-28(13-11-27)24(29)18-8-9-21-19(14-18)22(26-31-21)20-15-30-23(25-20)17-6-4-3-5-7-17;3-2(4,5)1(6)7/h3-9,14-16H,10-13H2,1-2H3;(H,6,7). The number of aliphatic carboxylic acids is 1. The highest BCUT2D eigenvalue weighted by Gasteiger charge is 2.38. The summed E-state index contributed by atoms with van der Waals surface area (Å²) in [5.41, 5.74) is 3.27. The highest BCUT2D eigenvalue weighted by Crippen LogP contribution is 2.30. The third-order valence-corrected chi connectivity index (χ3v) is 6.06. The lowest BCUT2D eigenvalue weighted by molar-refractivity contribution is -0.192. The van der Waals surface area contributed by atoms with Crippen LogP contribution in [-0.2, 0) is 4.79 Å². The lowest BCUT2D eigenvalue weighted by Crippen LogP contribution is -2.50. The van der Waals surface area contributed by atoms with Crippen molar-refractivity contribution in [1.29, 1.82) is 0 Å². The number of carbonyl (C=O) groups excluding carboxylic acids is 1. The number of hydrogen-bond donors (Lipinski definition) is 1. The van der Waals surface area contributed by atoms with Crippen molar-refractivity contribution in [3.8, 4) is 22.8 Å². The molecule has 2 aromatic carbocycles. The normalized spacial score (nSPS) is 14.4.